The van der Waals surface area contributed by atoms with Gasteiger partial charge in [-0.25, -0.2) is 4.98 Å². The number of anilines is 2. The second-order valence-electron chi connectivity index (χ2n) is 8.22. The number of rotatable bonds is 4. The molecule has 0 unspecified atom stereocenters. The van der Waals surface area contributed by atoms with Crippen molar-refractivity contribution in [1.82, 2.24) is 4.98 Å². The van der Waals surface area contributed by atoms with Crippen LogP contribution in [0.1, 0.15) is 57.7 Å². The summed E-state index contributed by atoms with van der Waals surface area (Å²) < 4.78 is 0. The lowest BCUT2D eigenvalue weighted by molar-refractivity contribution is 0.0996. The molecule has 0 radical (unpaired) electrons. The third-order valence-electron chi connectivity index (χ3n) is 6.23. The summed E-state index contributed by atoms with van der Waals surface area (Å²) in [5.41, 5.74) is 8.64. The Balaban J connectivity index is 1.66. The van der Waals surface area contributed by atoms with E-state index in [9.17, 15) is 9.59 Å². The van der Waals surface area contributed by atoms with Gasteiger partial charge in [0.05, 0.1) is 16.3 Å². The van der Waals surface area contributed by atoms with Crippen LogP contribution in [0, 0.1) is 19.3 Å². The van der Waals surface area contributed by atoms with Crippen molar-refractivity contribution in [3.8, 4) is 0 Å². The Morgan fingerprint density at radius 1 is 1.17 bits per heavy atom. The molecule has 2 aliphatic rings. The van der Waals surface area contributed by atoms with E-state index in [4.69, 9.17) is 22.3 Å². The Kier molecular flexibility index (Phi) is 4.99. The van der Waals surface area contributed by atoms with Crippen molar-refractivity contribution in [3.05, 3.63) is 51.7 Å². The number of hydrogen-bond acceptors (Lipinski definition) is 4. The zero-order valence-corrected chi connectivity index (χ0v) is 17.5. The molecule has 29 heavy (non-hydrogen) atoms. The lowest BCUT2D eigenvalue weighted by atomic mass is 9.93. The maximum Gasteiger partial charge on any atom is 0.259 e. The first kappa shape index (κ1) is 19.7. The summed E-state index contributed by atoms with van der Waals surface area (Å²) in [5.74, 6) is -0.149. The number of hydrogen-bond donors (Lipinski definition) is 2. The van der Waals surface area contributed by atoms with Crippen LogP contribution < -0.4 is 16.0 Å². The molecule has 1 spiro atoms. The van der Waals surface area contributed by atoms with Gasteiger partial charge in [0, 0.05) is 24.3 Å². The largest absolute Gasteiger partial charge is 0.366 e. The van der Waals surface area contributed by atoms with Crippen LogP contribution in [-0.2, 0) is 0 Å². The highest BCUT2D eigenvalue weighted by Crippen LogP contribution is 2.54. The first-order valence-corrected chi connectivity index (χ1v) is 10.3. The fraction of sp³-hybridized carbons (Fsp3) is 0.409. The number of amides is 2. The normalized spacial score (nSPS) is 17.3. The standard InChI is InChI=1S/C22H25ClN4O2/c1-13-17(21(29)26-16-5-3-4-15(12-16)19(24)28)20(25-14(2)18(13)23)27-10-8-22(6-7-22)9-11-27/h3-5,12H,6-11H2,1-2H3,(H2,24,28)(H,26,29). The van der Waals surface area contributed by atoms with E-state index >= 15 is 0 Å². The Hall–Kier alpha value is -2.60. The lowest BCUT2D eigenvalue weighted by Gasteiger charge is -2.34. The molecule has 4 rings (SSSR count). The van der Waals surface area contributed by atoms with Crippen molar-refractivity contribution < 1.29 is 9.59 Å². The summed E-state index contributed by atoms with van der Waals surface area (Å²) in [6.07, 6.45) is 4.90. The van der Waals surface area contributed by atoms with Crippen molar-refractivity contribution in [3.63, 3.8) is 0 Å². The molecular weight excluding hydrogens is 388 g/mol. The van der Waals surface area contributed by atoms with E-state index in [0.717, 1.165) is 31.6 Å². The quantitative estimate of drug-likeness (QED) is 0.791. The number of benzene rings is 1. The van der Waals surface area contributed by atoms with E-state index in [1.807, 2.05) is 13.8 Å². The van der Waals surface area contributed by atoms with Crippen LogP contribution in [0.15, 0.2) is 24.3 Å². The highest BCUT2D eigenvalue weighted by molar-refractivity contribution is 6.32. The molecule has 2 amide bonds. The Bertz CT molecular complexity index is 991. The third-order valence-corrected chi connectivity index (χ3v) is 6.79. The molecule has 2 heterocycles. The summed E-state index contributed by atoms with van der Waals surface area (Å²) in [6.45, 7) is 5.50. The molecule has 7 heteroatoms. The number of piperidine rings is 1. The van der Waals surface area contributed by atoms with Gasteiger partial charge in [-0.3, -0.25) is 9.59 Å². The van der Waals surface area contributed by atoms with E-state index in [1.54, 1.807) is 24.3 Å². The molecular formula is C22H25ClN4O2. The smallest absolute Gasteiger partial charge is 0.259 e. The van der Waals surface area contributed by atoms with Crippen LogP contribution >= 0.6 is 11.6 Å². The number of nitrogens with one attached hydrogen (secondary N) is 1. The molecule has 3 N–H and O–H groups in total. The highest BCUT2D eigenvalue weighted by atomic mass is 35.5. The maximum absolute atomic E-state index is 13.2. The number of nitrogens with two attached hydrogens (primary N) is 1. The predicted octanol–water partition coefficient (Wildman–Crippen LogP) is 4.08. The maximum atomic E-state index is 13.2. The minimum atomic E-state index is -0.541. The molecule has 0 bridgehead atoms. The molecule has 1 aliphatic heterocycles. The van der Waals surface area contributed by atoms with Gasteiger partial charge in [0.15, 0.2) is 0 Å². The lowest BCUT2D eigenvalue weighted by Crippen LogP contribution is -2.36. The number of carbonyl (C=O) groups is 2. The van der Waals surface area contributed by atoms with Crippen molar-refractivity contribution in [1.29, 1.82) is 0 Å². The van der Waals surface area contributed by atoms with Gasteiger partial charge in [-0.15, -0.1) is 0 Å². The second kappa shape index (κ2) is 7.34. The predicted molar refractivity (Wildman–Crippen MR) is 115 cm³/mol. The Morgan fingerprint density at radius 3 is 2.48 bits per heavy atom. The second-order valence-corrected chi connectivity index (χ2v) is 8.60. The summed E-state index contributed by atoms with van der Waals surface area (Å²) in [6, 6.07) is 6.58. The average Bonchev–Trinajstić information content (AvgIpc) is 3.45. The number of nitrogens with zero attached hydrogens (tertiary/aromatic N) is 2. The molecule has 2 aromatic rings. The molecule has 1 aliphatic carbocycles. The average molecular weight is 413 g/mol. The van der Waals surface area contributed by atoms with Gasteiger partial charge in [-0.2, -0.15) is 0 Å². The van der Waals surface area contributed by atoms with Crippen molar-refractivity contribution in [2.45, 2.75) is 39.5 Å². The molecule has 6 nitrogen and oxygen atoms in total. The van der Waals surface area contributed by atoms with Gasteiger partial charge in [0.2, 0.25) is 5.91 Å². The van der Waals surface area contributed by atoms with Gasteiger partial charge in [0.1, 0.15) is 5.82 Å². The van der Waals surface area contributed by atoms with E-state index in [1.165, 1.54) is 12.8 Å². The van der Waals surface area contributed by atoms with Gasteiger partial charge in [-0.05, 0) is 68.7 Å². The highest BCUT2D eigenvalue weighted by Gasteiger charge is 2.45. The number of carbonyl (C=O) groups excluding carboxylic acids is 2. The molecule has 1 saturated carbocycles. The van der Waals surface area contributed by atoms with Gasteiger partial charge in [-0.1, -0.05) is 17.7 Å². The number of aryl methyl sites for hydroxylation is 1. The minimum absolute atomic E-state index is 0.291. The summed E-state index contributed by atoms with van der Waals surface area (Å²) >= 11 is 6.44. The van der Waals surface area contributed by atoms with Gasteiger partial charge in [0.25, 0.3) is 5.91 Å². The fourth-order valence-corrected chi connectivity index (χ4v) is 4.26. The Morgan fingerprint density at radius 2 is 1.86 bits per heavy atom. The van der Waals surface area contributed by atoms with Crippen LogP contribution in [0.2, 0.25) is 5.02 Å². The number of primary amides is 1. The van der Waals surface area contributed by atoms with Crippen LogP contribution in [0.3, 0.4) is 0 Å². The molecule has 1 saturated heterocycles. The van der Waals surface area contributed by atoms with E-state index in [-0.39, 0.29) is 5.91 Å². The molecule has 1 aromatic heterocycles. The third kappa shape index (κ3) is 3.81. The van der Waals surface area contributed by atoms with Crippen LogP contribution in [-0.4, -0.2) is 29.9 Å². The molecule has 0 atom stereocenters. The van der Waals surface area contributed by atoms with E-state index in [0.29, 0.717) is 38.6 Å². The first-order chi connectivity index (χ1) is 13.8. The van der Waals surface area contributed by atoms with Crippen LogP contribution in [0.4, 0.5) is 11.5 Å². The zero-order valence-electron chi connectivity index (χ0n) is 16.7. The summed E-state index contributed by atoms with van der Waals surface area (Å²) in [4.78, 5) is 31.6. The van der Waals surface area contributed by atoms with Crippen LogP contribution in [0.5, 0.6) is 0 Å². The minimum Gasteiger partial charge on any atom is -0.366 e. The number of halogens is 1. The van der Waals surface area contributed by atoms with Crippen molar-refractivity contribution in [2.75, 3.05) is 23.3 Å². The van der Waals surface area contributed by atoms with Gasteiger partial charge < -0.3 is 16.0 Å². The van der Waals surface area contributed by atoms with E-state index in [2.05, 4.69) is 10.2 Å². The van der Waals surface area contributed by atoms with Crippen molar-refractivity contribution >= 4 is 34.9 Å². The molecule has 152 valence electrons. The molecule has 1 aromatic carbocycles. The van der Waals surface area contributed by atoms with Gasteiger partial charge >= 0.3 is 0 Å². The Labute approximate surface area is 175 Å². The number of aromatic nitrogens is 1. The first-order valence-electron chi connectivity index (χ1n) is 9.92. The van der Waals surface area contributed by atoms with Crippen LogP contribution in [0.25, 0.3) is 0 Å². The van der Waals surface area contributed by atoms with Crippen molar-refractivity contribution in [2.24, 2.45) is 11.1 Å². The SMILES string of the molecule is Cc1nc(N2CCC3(CC2)CC3)c(C(=O)Nc2cccc(C(N)=O)c2)c(C)c1Cl. The topological polar surface area (TPSA) is 88.3 Å². The zero-order chi connectivity index (χ0) is 20.8. The summed E-state index contributed by atoms with van der Waals surface area (Å²) in [7, 11) is 0. The fourth-order valence-electron chi connectivity index (χ4n) is 4.13. The summed E-state index contributed by atoms with van der Waals surface area (Å²) in [5, 5.41) is 3.38. The van der Waals surface area contributed by atoms with E-state index < -0.39 is 5.91 Å². The molecule has 2 fully saturated rings. The number of pyridine rings is 1. The monoisotopic (exact) mass is 412 g/mol.